The molecule has 138 valence electrons. The summed E-state index contributed by atoms with van der Waals surface area (Å²) in [6.07, 6.45) is 0. The summed E-state index contributed by atoms with van der Waals surface area (Å²) in [6.45, 7) is 0.615. The maximum absolute atomic E-state index is 12.0. The van der Waals surface area contributed by atoms with Gasteiger partial charge in [0.2, 0.25) is 0 Å². The van der Waals surface area contributed by atoms with Crippen LogP contribution in [-0.2, 0) is 11.3 Å². The van der Waals surface area contributed by atoms with Crippen molar-refractivity contribution in [3.8, 4) is 11.5 Å². The fourth-order valence-corrected chi connectivity index (χ4v) is 2.53. The third kappa shape index (κ3) is 5.78. The van der Waals surface area contributed by atoms with Crippen molar-refractivity contribution in [2.45, 2.75) is 6.54 Å². The second-order valence-corrected chi connectivity index (χ2v) is 5.93. The van der Waals surface area contributed by atoms with E-state index >= 15 is 0 Å². The zero-order chi connectivity index (χ0) is 18.9. The van der Waals surface area contributed by atoms with E-state index in [1.165, 1.54) is 0 Å². The van der Waals surface area contributed by atoms with Crippen molar-refractivity contribution in [1.82, 2.24) is 0 Å². The number of anilines is 2. The van der Waals surface area contributed by atoms with E-state index in [4.69, 9.17) is 9.47 Å². The molecule has 2 N–H and O–H groups in total. The molecule has 0 aromatic heterocycles. The molecule has 0 fully saturated rings. The van der Waals surface area contributed by atoms with Crippen LogP contribution in [0, 0.1) is 0 Å². The first kappa shape index (κ1) is 18.3. The van der Waals surface area contributed by atoms with Crippen LogP contribution in [0.25, 0.3) is 0 Å². The number of rotatable bonds is 8. The number of nitrogens with one attached hydrogen (secondary N) is 2. The van der Waals surface area contributed by atoms with Crippen molar-refractivity contribution in [3.63, 3.8) is 0 Å². The van der Waals surface area contributed by atoms with Crippen LogP contribution in [0.15, 0.2) is 78.9 Å². The maximum Gasteiger partial charge on any atom is 0.262 e. The minimum Gasteiger partial charge on any atom is -0.497 e. The predicted octanol–water partition coefficient (Wildman–Crippen LogP) is 4.32. The minimum absolute atomic E-state index is 0.0374. The van der Waals surface area contributed by atoms with Gasteiger partial charge in [0.15, 0.2) is 6.61 Å². The first-order valence-corrected chi connectivity index (χ1v) is 8.67. The molecular weight excluding hydrogens is 340 g/mol. The van der Waals surface area contributed by atoms with Gasteiger partial charge in [-0.05, 0) is 54.1 Å². The van der Waals surface area contributed by atoms with Gasteiger partial charge in [0, 0.05) is 17.9 Å². The molecular formula is C22H22N2O3. The largest absolute Gasteiger partial charge is 0.497 e. The summed E-state index contributed by atoms with van der Waals surface area (Å²) in [4.78, 5) is 12.0. The number of hydrogen-bond acceptors (Lipinski definition) is 4. The van der Waals surface area contributed by atoms with Crippen LogP contribution in [-0.4, -0.2) is 19.6 Å². The molecule has 3 rings (SSSR count). The van der Waals surface area contributed by atoms with E-state index in [0.717, 1.165) is 22.7 Å². The Morgan fingerprint density at radius 3 is 2.37 bits per heavy atom. The predicted molar refractivity (Wildman–Crippen MR) is 107 cm³/mol. The second-order valence-electron chi connectivity index (χ2n) is 5.93. The van der Waals surface area contributed by atoms with E-state index in [9.17, 15) is 4.79 Å². The number of methoxy groups -OCH3 is 1. The maximum atomic E-state index is 12.0. The Hall–Kier alpha value is -3.47. The summed E-state index contributed by atoms with van der Waals surface area (Å²) in [6, 6.07) is 24.7. The number of benzene rings is 3. The van der Waals surface area contributed by atoms with Gasteiger partial charge in [0.25, 0.3) is 5.91 Å². The molecule has 0 radical (unpaired) electrons. The highest BCUT2D eigenvalue weighted by atomic mass is 16.5. The van der Waals surface area contributed by atoms with Crippen LogP contribution >= 0.6 is 0 Å². The van der Waals surface area contributed by atoms with Gasteiger partial charge in [-0.15, -0.1) is 0 Å². The number of hydrogen-bond donors (Lipinski definition) is 2. The summed E-state index contributed by atoms with van der Waals surface area (Å²) in [5, 5.41) is 6.14. The van der Waals surface area contributed by atoms with E-state index in [0.29, 0.717) is 12.3 Å². The monoisotopic (exact) mass is 362 g/mol. The first-order chi connectivity index (χ1) is 13.2. The van der Waals surface area contributed by atoms with Crippen LogP contribution in [0.3, 0.4) is 0 Å². The Kier molecular flexibility index (Phi) is 6.30. The molecule has 0 bridgehead atoms. The molecule has 5 heteroatoms. The Balaban J connectivity index is 1.50. The highest BCUT2D eigenvalue weighted by Gasteiger charge is 2.04. The van der Waals surface area contributed by atoms with Gasteiger partial charge in [-0.3, -0.25) is 4.79 Å². The minimum atomic E-state index is -0.192. The van der Waals surface area contributed by atoms with Gasteiger partial charge < -0.3 is 20.1 Å². The van der Waals surface area contributed by atoms with Crippen LogP contribution < -0.4 is 20.1 Å². The normalized spacial score (nSPS) is 10.1. The second kappa shape index (κ2) is 9.29. The molecule has 0 aliphatic rings. The third-order valence-electron chi connectivity index (χ3n) is 3.91. The Morgan fingerprint density at radius 2 is 1.63 bits per heavy atom. The van der Waals surface area contributed by atoms with Gasteiger partial charge in [0.05, 0.1) is 7.11 Å². The molecule has 0 atom stereocenters. The molecule has 27 heavy (non-hydrogen) atoms. The summed E-state index contributed by atoms with van der Waals surface area (Å²) >= 11 is 0. The number of carbonyl (C=O) groups excluding carboxylic acids is 1. The lowest BCUT2D eigenvalue weighted by atomic mass is 10.2. The van der Waals surface area contributed by atoms with E-state index in [-0.39, 0.29) is 12.5 Å². The van der Waals surface area contributed by atoms with Crippen LogP contribution in [0.4, 0.5) is 11.4 Å². The summed E-state index contributed by atoms with van der Waals surface area (Å²) in [5.41, 5.74) is 2.82. The van der Waals surface area contributed by atoms with Gasteiger partial charge in [0.1, 0.15) is 11.5 Å². The van der Waals surface area contributed by atoms with E-state index < -0.39 is 0 Å². The smallest absolute Gasteiger partial charge is 0.262 e. The topological polar surface area (TPSA) is 59.6 Å². The standard InChI is InChI=1S/C22H22N2O3/c1-26-20-12-10-18(11-13-20)23-15-17-6-5-9-21(14-17)27-16-22(25)24-19-7-3-2-4-8-19/h2-14,23H,15-16H2,1H3,(H,24,25). The van der Waals surface area contributed by atoms with E-state index in [2.05, 4.69) is 10.6 Å². The molecule has 0 saturated heterocycles. The number of para-hydroxylation sites is 1. The number of amides is 1. The third-order valence-corrected chi connectivity index (χ3v) is 3.91. The number of carbonyl (C=O) groups is 1. The molecule has 1 amide bonds. The molecule has 0 aliphatic carbocycles. The van der Waals surface area contributed by atoms with Gasteiger partial charge >= 0.3 is 0 Å². The first-order valence-electron chi connectivity index (χ1n) is 8.67. The average Bonchev–Trinajstić information content (AvgIpc) is 2.72. The Bertz CT molecular complexity index is 864. The zero-order valence-electron chi connectivity index (χ0n) is 15.1. The molecule has 0 aliphatic heterocycles. The van der Waals surface area contributed by atoms with E-state index in [1.807, 2.05) is 78.9 Å². The van der Waals surface area contributed by atoms with Crippen molar-refractivity contribution in [1.29, 1.82) is 0 Å². The number of ether oxygens (including phenoxy) is 2. The highest BCUT2D eigenvalue weighted by Crippen LogP contribution is 2.18. The van der Waals surface area contributed by atoms with Crippen molar-refractivity contribution >= 4 is 17.3 Å². The molecule has 3 aromatic rings. The lowest BCUT2D eigenvalue weighted by Gasteiger charge is -2.10. The van der Waals surface area contributed by atoms with Crippen LogP contribution in [0.2, 0.25) is 0 Å². The fourth-order valence-electron chi connectivity index (χ4n) is 2.53. The lowest BCUT2D eigenvalue weighted by molar-refractivity contribution is -0.118. The summed E-state index contributed by atoms with van der Waals surface area (Å²) in [5.74, 6) is 1.29. The van der Waals surface area contributed by atoms with Crippen molar-refractivity contribution < 1.29 is 14.3 Å². The fraction of sp³-hybridized carbons (Fsp3) is 0.136. The molecule has 5 nitrogen and oxygen atoms in total. The quantitative estimate of drug-likeness (QED) is 0.626. The zero-order valence-corrected chi connectivity index (χ0v) is 15.1. The van der Waals surface area contributed by atoms with Gasteiger partial charge in [-0.25, -0.2) is 0 Å². The van der Waals surface area contributed by atoms with Crippen LogP contribution in [0.1, 0.15) is 5.56 Å². The van der Waals surface area contributed by atoms with Crippen molar-refractivity contribution in [2.24, 2.45) is 0 Å². The van der Waals surface area contributed by atoms with Crippen molar-refractivity contribution in [2.75, 3.05) is 24.4 Å². The summed E-state index contributed by atoms with van der Waals surface area (Å²) < 4.78 is 10.8. The Labute approximate surface area is 158 Å². The molecule has 0 heterocycles. The van der Waals surface area contributed by atoms with E-state index in [1.54, 1.807) is 7.11 Å². The van der Waals surface area contributed by atoms with Gasteiger partial charge in [-0.2, -0.15) is 0 Å². The average molecular weight is 362 g/mol. The van der Waals surface area contributed by atoms with Crippen LogP contribution in [0.5, 0.6) is 11.5 Å². The highest BCUT2D eigenvalue weighted by molar-refractivity contribution is 5.91. The molecule has 3 aromatic carbocycles. The SMILES string of the molecule is COc1ccc(NCc2cccc(OCC(=O)Nc3ccccc3)c2)cc1. The molecule has 0 spiro atoms. The molecule has 0 saturated carbocycles. The Morgan fingerprint density at radius 1 is 0.852 bits per heavy atom. The van der Waals surface area contributed by atoms with Crippen molar-refractivity contribution in [3.05, 3.63) is 84.4 Å². The lowest BCUT2D eigenvalue weighted by Crippen LogP contribution is -2.20. The summed E-state index contributed by atoms with van der Waals surface area (Å²) in [7, 11) is 1.65. The van der Waals surface area contributed by atoms with Gasteiger partial charge in [-0.1, -0.05) is 30.3 Å². The molecule has 0 unspecified atom stereocenters.